The number of hydrogen-bond donors (Lipinski definition) is 1. The molecule has 0 spiro atoms. The average Bonchev–Trinajstić information content (AvgIpc) is 2.69. The Labute approximate surface area is 108 Å². The monoisotopic (exact) mass is 298 g/mol. The van der Waals surface area contributed by atoms with Gasteiger partial charge in [-0.25, -0.2) is 9.97 Å². The highest BCUT2D eigenvalue weighted by Gasteiger charge is 2.06. The molecular weight excluding hydrogens is 284 g/mol. The Morgan fingerprint density at radius 3 is 3.06 bits per heavy atom. The Balaban J connectivity index is 2.10. The van der Waals surface area contributed by atoms with E-state index in [1.807, 2.05) is 16.8 Å². The van der Waals surface area contributed by atoms with Crippen molar-refractivity contribution in [3.05, 3.63) is 28.9 Å². The molecule has 5 nitrogen and oxygen atoms in total. The van der Waals surface area contributed by atoms with Crippen LogP contribution in [0.5, 0.6) is 0 Å². The largest absolute Gasteiger partial charge is 0.383 e. The average molecular weight is 299 g/mol. The number of halogens is 1. The van der Waals surface area contributed by atoms with Crippen LogP contribution in [0.25, 0.3) is 5.65 Å². The van der Waals surface area contributed by atoms with Crippen LogP contribution < -0.4 is 5.32 Å². The lowest BCUT2D eigenvalue weighted by molar-refractivity contribution is 0.171. The molecule has 0 aliphatic rings. The molecule has 1 atom stereocenters. The van der Waals surface area contributed by atoms with Crippen molar-refractivity contribution >= 4 is 21.6 Å². The van der Waals surface area contributed by atoms with E-state index in [1.54, 1.807) is 13.3 Å². The standard InChI is InChI=1S/C11H15BrN4O/c1-8(7-17-2)13-3-9-4-15-11-5-14-10(12)6-16(9)11/h4-6,8,13H,3,7H2,1-2H3. The van der Waals surface area contributed by atoms with Gasteiger partial charge in [0, 0.05) is 25.9 Å². The highest BCUT2D eigenvalue weighted by molar-refractivity contribution is 9.10. The van der Waals surface area contributed by atoms with E-state index in [4.69, 9.17) is 4.74 Å². The molecule has 1 N–H and O–H groups in total. The molecule has 1 unspecified atom stereocenters. The zero-order chi connectivity index (χ0) is 12.3. The summed E-state index contributed by atoms with van der Waals surface area (Å²) < 4.78 is 7.90. The second kappa shape index (κ2) is 5.57. The van der Waals surface area contributed by atoms with Gasteiger partial charge in [-0.3, -0.25) is 4.40 Å². The smallest absolute Gasteiger partial charge is 0.155 e. The summed E-state index contributed by atoms with van der Waals surface area (Å²) in [7, 11) is 1.70. The quantitative estimate of drug-likeness (QED) is 0.911. The SMILES string of the molecule is COCC(C)NCc1cnc2cnc(Br)cn12. The van der Waals surface area contributed by atoms with E-state index in [0.717, 1.165) is 22.5 Å². The molecule has 17 heavy (non-hydrogen) atoms. The van der Waals surface area contributed by atoms with Gasteiger partial charge in [0.25, 0.3) is 0 Å². The number of hydrogen-bond acceptors (Lipinski definition) is 4. The lowest BCUT2D eigenvalue weighted by Gasteiger charge is -2.12. The molecule has 6 heteroatoms. The van der Waals surface area contributed by atoms with Crippen LogP contribution >= 0.6 is 15.9 Å². The van der Waals surface area contributed by atoms with Crippen LogP contribution in [0.3, 0.4) is 0 Å². The van der Waals surface area contributed by atoms with Crippen molar-refractivity contribution in [2.75, 3.05) is 13.7 Å². The topological polar surface area (TPSA) is 51.5 Å². The molecule has 0 saturated heterocycles. The minimum Gasteiger partial charge on any atom is -0.383 e. The molecule has 0 saturated carbocycles. The maximum absolute atomic E-state index is 5.08. The zero-order valence-corrected chi connectivity index (χ0v) is 11.4. The molecule has 0 fully saturated rings. The minimum absolute atomic E-state index is 0.316. The molecule has 0 amide bonds. The fourth-order valence-electron chi connectivity index (χ4n) is 1.63. The first-order chi connectivity index (χ1) is 8.20. The number of rotatable bonds is 5. The molecule has 2 aromatic rings. The molecule has 0 aliphatic heterocycles. The Kier molecular flexibility index (Phi) is 4.09. The maximum atomic E-state index is 5.08. The highest BCUT2D eigenvalue weighted by Crippen LogP contribution is 2.10. The van der Waals surface area contributed by atoms with Crippen molar-refractivity contribution in [2.24, 2.45) is 0 Å². The molecule has 2 aromatic heterocycles. The number of nitrogens with zero attached hydrogens (tertiary/aromatic N) is 3. The molecule has 0 radical (unpaired) electrons. The van der Waals surface area contributed by atoms with E-state index in [1.165, 1.54) is 0 Å². The number of nitrogens with one attached hydrogen (secondary N) is 1. The van der Waals surface area contributed by atoms with Gasteiger partial charge < -0.3 is 10.1 Å². The Bertz CT molecular complexity index is 499. The van der Waals surface area contributed by atoms with Crippen LogP contribution in [0.4, 0.5) is 0 Å². The van der Waals surface area contributed by atoms with Crippen LogP contribution in [0.15, 0.2) is 23.2 Å². The van der Waals surface area contributed by atoms with E-state index in [0.29, 0.717) is 12.6 Å². The Morgan fingerprint density at radius 1 is 1.47 bits per heavy atom. The highest BCUT2D eigenvalue weighted by atomic mass is 79.9. The second-order valence-corrected chi connectivity index (χ2v) is 4.74. The molecule has 2 heterocycles. The van der Waals surface area contributed by atoms with Crippen molar-refractivity contribution in [1.82, 2.24) is 19.7 Å². The summed E-state index contributed by atoms with van der Waals surface area (Å²) in [5.41, 5.74) is 1.95. The van der Waals surface area contributed by atoms with E-state index in [2.05, 4.69) is 38.1 Å². The van der Waals surface area contributed by atoms with Crippen molar-refractivity contribution < 1.29 is 4.74 Å². The molecule has 0 aromatic carbocycles. The van der Waals surface area contributed by atoms with Crippen molar-refractivity contribution in [3.8, 4) is 0 Å². The summed E-state index contributed by atoms with van der Waals surface area (Å²) in [6.07, 6.45) is 5.52. The van der Waals surface area contributed by atoms with Gasteiger partial charge >= 0.3 is 0 Å². The Hall–Kier alpha value is -0.980. The molecule has 2 rings (SSSR count). The zero-order valence-electron chi connectivity index (χ0n) is 9.85. The normalized spacial score (nSPS) is 13.1. The van der Waals surface area contributed by atoms with E-state index < -0.39 is 0 Å². The first kappa shape index (κ1) is 12.5. The second-order valence-electron chi connectivity index (χ2n) is 3.93. The van der Waals surface area contributed by atoms with Crippen LogP contribution in [0.1, 0.15) is 12.6 Å². The maximum Gasteiger partial charge on any atom is 0.155 e. The summed E-state index contributed by atoms with van der Waals surface area (Å²) in [5, 5.41) is 3.38. The van der Waals surface area contributed by atoms with Gasteiger partial charge in [-0.05, 0) is 22.9 Å². The predicted molar refractivity (Wildman–Crippen MR) is 68.9 cm³/mol. The van der Waals surface area contributed by atoms with Gasteiger partial charge in [-0.2, -0.15) is 0 Å². The van der Waals surface area contributed by atoms with Gasteiger partial charge in [0.1, 0.15) is 4.60 Å². The van der Waals surface area contributed by atoms with Gasteiger partial charge in [-0.15, -0.1) is 0 Å². The van der Waals surface area contributed by atoms with Crippen LogP contribution in [-0.4, -0.2) is 34.1 Å². The molecule has 0 aliphatic carbocycles. The number of aromatic nitrogens is 3. The van der Waals surface area contributed by atoms with E-state index >= 15 is 0 Å². The number of methoxy groups -OCH3 is 1. The van der Waals surface area contributed by atoms with Gasteiger partial charge in [0.05, 0.1) is 24.7 Å². The van der Waals surface area contributed by atoms with Gasteiger partial charge in [-0.1, -0.05) is 0 Å². The summed E-state index contributed by atoms with van der Waals surface area (Å²) in [4.78, 5) is 8.43. The first-order valence-corrected chi connectivity index (χ1v) is 6.20. The fraction of sp³-hybridized carbons (Fsp3) is 0.455. The number of fused-ring (bicyclic) bond motifs is 1. The van der Waals surface area contributed by atoms with Crippen LogP contribution in [0.2, 0.25) is 0 Å². The van der Waals surface area contributed by atoms with Gasteiger partial charge in [0.15, 0.2) is 5.65 Å². The van der Waals surface area contributed by atoms with Crippen molar-refractivity contribution in [1.29, 1.82) is 0 Å². The van der Waals surface area contributed by atoms with E-state index in [-0.39, 0.29) is 0 Å². The summed E-state index contributed by atoms with van der Waals surface area (Å²) in [5.74, 6) is 0. The van der Waals surface area contributed by atoms with Crippen molar-refractivity contribution in [3.63, 3.8) is 0 Å². The summed E-state index contributed by atoms with van der Waals surface area (Å²) in [6, 6.07) is 0.316. The lowest BCUT2D eigenvalue weighted by Crippen LogP contribution is -2.29. The Morgan fingerprint density at radius 2 is 2.29 bits per heavy atom. The minimum atomic E-state index is 0.316. The van der Waals surface area contributed by atoms with Crippen molar-refractivity contribution in [2.45, 2.75) is 19.5 Å². The molecular formula is C11H15BrN4O. The molecule has 92 valence electrons. The third kappa shape index (κ3) is 3.02. The van der Waals surface area contributed by atoms with Crippen LogP contribution in [0, 0.1) is 0 Å². The van der Waals surface area contributed by atoms with Gasteiger partial charge in [0.2, 0.25) is 0 Å². The number of imidazole rings is 1. The molecule has 0 bridgehead atoms. The number of ether oxygens (including phenoxy) is 1. The fourth-order valence-corrected chi connectivity index (χ4v) is 1.94. The first-order valence-electron chi connectivity index (χ1n) is 5.40. The summed E-state index contributed by atoms with van der Waals surface area (Å²) in [6.45, 7) is 3.54. The third-order valence-electron chi connectivity index (χ3n) is 2.49. The third-order valence-corrected chi connectivity index (χ3v) is 2.90. The van der Waals surface area contributed by atoms with Crippen LogP contribution in [-0.2, 0) is 11.3 Å². The van der Waals surface area contributed by atoms with E-state index in [9.17, 15) is 0 Å². The lowest BCUT2D eigenvalue weighted by atomic mass is 10.3. The predicted octanol–water partition coefficient (Wildman–Crippen LogP) is 1.62. The summed E-state index contributed by atoms with van der Waals surface area (Å²) >= 11 is 3.36.